The molecule has 1 amide bonds. The van der Waals surface area contributed by atoms with Crippen molar-refractivity contribution in [1.82, 2.24) is 5.32 Å². The number of rotatable bonds is 8. The van der Waals surface area contributed by atoms with Crippen molar-refractivity contribution in [2.24, 2.45) is 5.73 Å². The standard InChI is InChI=1S/C16H26N2O3.ClH/c1-5-6-9-21-13-8-7-12(10-14(13)20-4)15(19)18-16(2,3)11-17;/h7-8,10H,5-6,9,11,17H2,1-4H3,(H,18,19);1H. The molecule has 0 aromatic heterocycles. The van der Waals surface area contributed by atoms with Gasteiger partial charge in [-0.3, -0.25) is 4.79 Å². The average molecular weight is 331 g/mol. The first-order chi connectivity index (χ1) is 9.93. The van der Waals surface area contributed by atoms with Crippen LogP contribution in [0.3, 0.4) is 0 Å². The van der Waals surface area contributed by atoms with Crippen LogP contribution < -0.4 is 20.5 Å². The molecule has 126 valence electrons. The number of ether oxygens (including phenoxy) is 2. The molecule has 0 atom stereocenters. The zero-order valence-electron chi connectivity index (χ0n) is 13.8. The number of hydrogen-bond acceptors (Lipinski definition) is 4. The molecule has 6 heteroatoms. The van der Waals surface area contributed by atoms with Crippen molar-refractivity contribution in [2.45, 2.75) is 39.2 Å². The van der Waals surface area contributed by atoms with Crippen molar-refractivity contribution in [3.63, 3.8) is 0 Å². The van der Waals surface area contributed by atoms with Gasteiger partial charge >= 0.3 is 0 Å². The van der Waals surface area contributed by atoms with Crippen molar-refractivity contribution in [3.05, 3.63) is 23.8 Å². The predicted molar refractivity (Wildman–Crippen MR) is 91.2 cm³/mol. The van der Waals surface area contributed by atoms with Crippen LogP contribution in [0.2, 0.25) is 0 Å². The van der Waals surface area contributed by atoms with E-state index in [1.807, 2.05) is 13.8 Å². The third kappa shape index (κ3) is 6.12. The Bertz CT molecular complexity index is 478. The Balaban J connectivity index is 0.00000441. The number of halogens is 1. The largest absolute Gasteiger partial charge is 0.493 e. The molecule has 0 aliphatic heterocycles. The Labute approximate surface area is 139 Å². The predicted octanol–water partition coefficient (Wildman–Crippen LogP) is 2.76. The highest BCUT2D eigenvalue weighted by atomic mass is 35.5. The second-order valence-corrected chi connectivity index (χ2v) is 5.61. The normalized spacial score (nSPS) is 10.6. The summed E-state index contributed by atoms with van der Waals surface area (Å²) < 4.78 is 10.9. The lowest BCUT2D eigenvalue weighted by molar-refractivity contribution is 0.0915. The molecule has 0 aliphatic carbocycles. The van der Waals surface area contributed by atoms with Gasteiger partial charge in [0.15, 0.2) is 11.5 Å². The minimum Gasteiger partial charge on any atom is -0.493 e. The molecule has 0 unspecified atom stereocenters. The van der Waals surface area contributed by atoms with E-state index < -0.39 is 5.54 Å². The van der Waals surface area contributed by atoms with E-state index in [4.69, 9.17) is 15.2 Å². The fourth-order valence-electron chi connectivity index (χ4n) is 1.69. The van der Waals surface area contributed by atoms with Gasteiger partial charge in [-0.05, 0) is 38.5 Å². The number of carbonyl (C=O) groups is 1. The number of nitrogens with two attached hydrogens (primary N) is 1. The third-order valence-corrected chi connectivity index (χ3v) is 3.14. The number of hydrogen-bond donors (Lipinski definition) is 2. The van der Waals surface area contributed by atoms with Gasteiger partial charge in [-0.1, -0.05) is 13.3 Å². The topological polar surface area (TPSA) is 73.6 Å². The first kappa shape index (κ1) is 20.5. The Morgan fingerprint density at radius 1 is 1.32 bits per heavy atom. The van der Waals surface area contributed by atoms with Crippen LogP contribution in [0.25, 0.3) is 0 Å². The van der Waals surface area contributed by atoms with Gasteiger partial charge in [-0.2, -0.15) is 0 Å². The maximum absolute atomic E-state index is 12.2. The molecule has 5 nitrogen and oxygen atoms in total. The second kappa shape index (κ2) is 9.54. The molecule has 0 saturated heterocycles. The summed E-state index contributed by atoms with van der Waals surface area (Å²) in [6, 6.07) is 5.17. The Hall–Kier alpha value is -1.46. The summed E-state index contributed by atoms with van der Waals surface area (Å²) in [7, 11) is 1.56. The molecular weight excluding hydrogens is 304 g/mol. The molecule has 0 heterocycles. The van der Waals surface area contributed by atoms with E-state index in [0.717, 1.165) is 12.8 Å². The lowest BCUT2D eigenvalue weighted by atomic mass is 10.1. The summed E-state index contributed by atoms with van der Waals surface area (Å²) in [6.45, 7) is 6.87. The van der Waals surface area contributed by atoms with E-state index in [0.29, 0.717) is 30.2 Å². The molecular formula is C16H27ClN2O3. The minimum atomic E-state index is -0.444. The van der Waals surface area contributed by atoms with E-state index >= 15 is 0 Å². The molecule has 1 aromatic rings. The summed E-state index contributed by atoms with van der Waals surface area (Å²) in [5.41, 5.74) is 5.70. The molecule has 3 N–H and O–H groups in total. The highest BCUT2D eigenvalue weighted by Crippen LogP contribution is 2.28. The molecule has 0 radical (unpaired) electrons. The molecule has 0 spiro atoms. The first-order valence-electron chi connectivity index (χ1n) is 7.27. The van der Waals surface area contributed by atoms with Crippen LogP contribution in [0.4, 0.5) is 0 Å². The molecule has 1 aromatic carbocycles. The lowest BCUT2D eigenvalue weighted by Gasteiger charge is -2.24. The Morgan fingerprint density at radius 3 is 2.55 bits per heavy atom. The minimum absolute atomic E-state index is 0. The van der Waals surface area contributed by atoms with Gasteiger partial charge in [-0.15, -0.1) is 12.4 Å². The molecule has 1 rings (SSSR count). The first-order valence-corrected chi connectivity index (χ1v) is 7.27. The smallest absolute Gasteiger partial charge is 0.251 e. The van der Waals surface area contributed by atoms with Crippen molar-refractivity contribution in [1.29, 1.82) is 0 Å². The van der Waals surface area contributed by atoms with E-state index in [-0.39, 0.29) is 18.3 Å². The maximum atomic E-state index is 12.2. The summed E-state index contributed by atoms with van der Waals surface area (Å²) in [5.74, 6) is 1.04. The zero-order chi connectivity index (χ0) is 15.9. The van der Waals surface area contributed by atoms with Crippen LogP contribution in [0.5, 0.6) is 11.5 Å². The summed E-state index contributed by atoms with van der Waals surface area (Å²) in [5, 5.41) is 2.89. The van der Waals surface area contributed by atoms with Gasteiger partial charge in [0.25, 0.3) is 5.91 Å². The zero-order valence-corrected chi connectivity index (χ0v) is 14.6. The van der Waals surface area contributed by atoms with Crippen LogP contribution in [0.15, 0.2) is 18.2 Å². The molecule has 0 fully saturated rings. The summed E-state index contributed by atoms with van der Waals surface area (Å²) >= 11 is 0. The van der Waals surface area contributed by atoms with Gasteiger partial charge in [0.05, 0.1) is 13.7 Å². The van der Waals surface area contributed by atoms with Gasteiger partial charge in [0.1, 0.15) is 0 Å². The Morgan fingerprint density at radius 2 is 2.00 bits per heavy atom. The van der Waals surface area contributed by atoms with Crippen LogP contribution in [-0.4, -0.2) is 31.7 Å². The van der Waals surface area contributed by atoms with E-state index in [2.05, 4.69) is 12.2 Å². The molecule has 0 bridgehead atoms. The number of benzene rings is 1. The SMILES string of the molecule is CCCCOc1ccc(C(=O)NC(C)(C)CN)cc1OC.Cl. The maximum Gasteiger partial charge on any atom is 0.251 e. The number of amides is 1. The number of nitrogens with one attached hydrogen (secondary N) is 1. The van der Waals surface area contributed by atoms with Crippen LogP contribution in [0, 0.1) is 0 Å². The molecule has 0 saturated carbocycles. The summed E-state index contributed by atoms with van der Waals surface area (Å²) in [6.07, 6.45) is 2.05. The van der Waals surface area contributed by atoms with E-state index in [1.54, 1.807) is 25.3 Å². The van der Waals surface area contributed by atoms with Gasteiger partial charge in [-0.25, -0.2) is 0 Å². The average Bonchev–Trinajstić information content (AvgIpc) is 2.47. The monoisotopic (exact) mass is 330 g/mol. The fourth-order valence-corrected chi connectivity index (χ4v) is 1.69. The van der Waals surface area contributed by atoms with Crippen LogP contribution in [-0.2, 0) is 0 Å². The highest BCUT2D eigenvalue weighted by molar-refractivity contribution is 5.95. The van der Waals surface area contributed by atoms with E-state index in [9.17, 15) is 4.79 Å². The number of methoxy groups -OCH3 is 1. The fraction of sp³-hybridized carbons (Fsp3) is 0.562. The van der Waals surface area contributed by atoms with Crippen molar-refractivity contribution in [2.75, 3.05) is 20.3 Å². The quantitative estimate of drug-likeness (QED) is 0.719. The lowest BCUT2D eigenvalue weighted by Crippen LogP contribution is -2.48. The van der Waals surface area contributed by atoms with Crippen molar-refractivity contribution >= 4 is 18.3 Å². The van der Waals surface area contributed by atoms with Crippen molar-refractivity contribution in [3.8, 4) is 11.5 Å². The second-order valence-electron chi connectivity index (χ2n) is 5.61. The third-order valence-electron chi connectivity index (χ3n) is 3.14. The van der Waals surface area contributed by atoms with Gasteiger partial charge < -0.3 is 20.5 Å². The molecule has 0 aliphatic rings. The van der Waals surface area contributed by atoms with Crippen LogP contribution in [0.1, 0.15) is 44.0 Å². The highest BCUT2D eigenvalue weighted by Gasteiger charge is 2.20. The van der Waals surface area contributed by atoms with Gasteiger partial charge in [0.2, 0.25) is 0 Å². The number of carbonyl (C=O) groups excluding carboxylic acids is 1. The van der Waals surface area contributed by atoms with Crippen LogP contribution >= 0.6 is 12.4 Å². The Kier molecular flexibility index (Phi) is 8.90. The molecule has 22 heavy (non-hydrogen) atoms. The van der Waals surface area contributed by atoms with Crippen molar-refractivity contribution < 1.29 is 14.3 Å². The van der Waals surface area contributed by atoms with E-state index in [1.165, 1.54) is 0 Å². The summed E-state index contributed by atoms with van der Waals surface area (Å²) in [4.78, 5) is 12.2. The number of unbranched alkanes of at least 4 members (excludes halogenated alkanes) is 1. The van der Waals surface area contributed by atoms with Gasteiger partial charge in [0, 0.05) is 17.6 Å².